The summed E-state index contributed by atoms with van der Waals surface area (Å²) in [5, 5.41) is 19.4. The zero-order valence-electron chi connectivity index (χ0n) is 28.1. The van der Waals surface area contributed by atoms with Gasteiger partial charge in [0.2, 0.25) is 6.79 Å². The van der Waals surface area contributed by atoms with Crippen LogP contribution in [0.25, 0.3) is 0 Å². The van der Waals surface area contributed by atoms with E-state index in [2.05, 4.69) is 29.5 Å². The molecule has 6 N–H and O–H groups in total. The van der Waals surface area contributed by atoms with Crippen LogP contribution in [-0.4, -0.2) is 30.0 Å². The van der Waals surface area contributed by atoms with E-state index in [9.17, 15) is 14.3 Å². The molecule has 0 saturated heterocycles. The molecule has 4 rings (SSSR count). The van der Waals surface area contributed by atoms with Crippen molar-refractivity contribution in [2.24, 2.45) is 5.73 Å². The highest BCUT2D eigenvalue weighted by Gasteiger charge is 2.24. The Morgan fingerprint density at radius 3 is 2.51 bits per heavy atom. The molecule has 0 aromatic heterocycles. The maximum Gasteiger partial charge on any atom is 0.337 e. The molecule has 2 aliphatic heterocycles. The quantitative estimate of drug-likeness (QED) is 0.217. The first-order valence-corrected chi connectivity index (χ1v) is 15.7. The number of rotatable bonds is 7. The van der Waals surface area contributed by atoms with Gasteiger partial charge < -0.3 is 36.3 Å². The lowest BCUT2D eigenvalue weighted by Gasteiger charge is -2.28. The van der Waals surface area contributed by atoms with Gasteiger partial charge in [-0.25, -0.2) is 9.18 Å². The van der Waals surface area contributed by atoms with Crippen molar-refractivity contribution in [3.63, 3.8) is 0 Å². The largest absolute Gasteiger partial charge is 0.478 e. The Kier molecular flexibility index (Phi) is 14.7. The molecule has 45 heavy (non-hydrogen) atoms. The van der Waals surface area contributed by atoms with Crippen molar-refractivity contribution < 1.29 is 23.8 Å². The van der Waals surface area contributed by atoms with Crippen LogP contribution >= 0.6 is 0 Å². The molecule has 9 heteroatoms. The number of allylic oxidation sites excluding steroid dienone is 8. The normalized spacial score (nSPS) is 21.9. The maximum atomic E-state index is 14.5. The minimum atomic E-state index is -0.982. The van der Waals surface area contributed by atoms with E-state index >= 15 is 0 Å². The first kappa shape index (κ1) is 36.9. The lowest BCUT2D eigenvalue weighted by Crippen LogP contribution is -2.39. The predicted molar refractivity (Wildman–Crippen MR) is 181 cm³/mol. The smallest absolute Gasteiger partial charge is 0.337 e. The summed E-state index contributed by atoms with van der Waals surface area (Å²) in [5.41, 5.74) is 13.0. The van der Waals surface area contributed by atoms with E-state index < -0.39 is 11.8 Å². The molecule has 0 saturated carbocycles. The number of hydrogen-bond acceptors (Lipinski definition) is 7. The van der Waals surface area contributed by atoms with Gasteiger partial charge in [0.15, 0.2) is 11.5 Å². The van der Waals surface area contributed by atoms with Gasteiger partial charge in [0, 0.05) is 47.5 Å². The topological polar surface area (TPSA) is 118 Å². The van der Waals surface area contributed by atoms with Gasteiger partial charge in [0.25, 0.3) is 0 Å². The van der Waals surface area contributed by atoms with E-state index in [0.717, 1.165) is 52.3 Å². The van der Waals surface area contributed by atoms with Gasteiger partial charge in [-0.15, -0.1) is 0 Å². The van der Waals surface area contributed by atoms with Crippen LogP contribution in [0.15, 0.2) is 94.4 Å². The Bertz CT molecular complexity index is 1420. The zero-order valence-corrected chi connectivity index (χ0v) is 28.1. The third-order valence-corrected chi connectivity index (χ3v) is 7.53. The van der Waals surface area contributed by atoms with Gasteiger partial charge in [-0.2, -0.15) is 0 Å². The maximum absolute atomic E-state index is 14.5. The molecular formula is C36H51FN4O4. The van der Waals surface area contributed by atoms with Crippen molar-refractivity contribution in [3.05, 3.63) is 106 Å². The van der Waals surface area contributed by atoms with E-state index in [-0.39, 0.29) is 17.7 Å². The lowest BCUT2D eigenvalue weighted by molar-refractivity contribution is -0.132. The molecule has 246 valence electrons. The molecule has 2 heterocycles. The second kappa shape index (κ2) is 17.9. The molecule has 2 unspecified atom stereocenters. The standard InChI is InChI=1S/C24H32FN3O2.C10H13NO2.C2H6/c1-7-19-9-8-14(2)10-22(24(29)30)23(19)28-18(6)21-12-20(25)13-26-15(3)11-16(4)27-17(21)5;1-2-8-7(5-11)3-4-9-10(8)13-6-12-9;1-2/h8,10-13,17-18,26-28H,3,7,9H2,1-2,4-6H3,(H,29,30);3-4H,2,5-6,11H2,1H3;1-2H3/b16-11-,20-13+,21-12+;;. The molecule has 1 aliphatic carbocycles. The number of fused-ring (bicyclic) bond motifs is 1. The van der Waals surface area contributed by atoms with E-state index in [0.29, 0.717) is 31.2 Å². The van der Waals surface area contributed by atoms with Crippen LogP contribution in [0.5, 0.6) is 11.5 Å². The molecule has 0 spiro atoms. The molecule has 0 bridgehead atoms. The Morgan fingerprint density at radius 2 is 1.89 bits per heavy atom. The lowest BCUT2D eigenvalue weighted by atomic mass is 9.97. The number of ether oxygens (including phenoxy) is 2. The molecule has 0 amide bonds. The average molecular weight is 623 g/mol. The molecule has 1 aromatic rings. The van der Waals surface area contributed by atoms with E-state index in [1.54, 1.807) is 6.08 Å². The van der Waals surface area contributed by atoms with Gasteiger partial charge in [-0.05, 0) is 88.0 Å². The average Bonchev–Trinajstić information content (AvgIpc) is 3.44. The van der Waals surface area contributed by atoms with Gasteiger partial charge >= 0.3 is 5.97 Å². The summed E-state index contributed by atoms with van der Waals surface area (Å²) in [6.07, 6.45) is 10.6. The van der Waals surface area contributed by atoms with Crippen LogP contribution in [0.2, 0.25) is 0 Å². The highest BCUT2D eigenvalue weighted by Crippen LogP contribution is 2.37. The van der Waals surface area contributed by atoms with Crippen molar-refractivity contribution in [1.82, 2.24) is 16.0 Å². The molecule has 0 radical (unpaired) electrons. The SMILES string of the molecule is C=C1/C=C(/C)NC(C)/C(C(C)NC2=C(CC)CC=C(C)C=C2C(=O)O)=C\C(F)=C/N1.CC.CCc1c(CN)ccc2c1OCO2. The van der Waals surface area contributed by atoms with Crippen LogP contribution in [0.1, 0.15) is 79.4 Å². The summed E-state index contributed by atoms with van der Waals surface area (Å²) in [6.45, 7) is 20.5. The highest BCUT2D eigenvalue weighted by molar-refractivity contribution is 5.92. The highest BCUT2D eigenvalue weighted by atomic mass is 19.1. The number of carboxylic acid groups (broad SMARTS) is 1. The van der Waals surface area contributed by atoms with Gasteiger partial charge in [-0.1, -0.05) is 52.0 Å². The fraction of sp³-hybridized carbons (Fsp3) is 0.417. The predicted octanol–water partition coefficient (Wildman–Crippen LogP) is 7.19. The molecular weight excluding hydrogens is 571 g/mol. The Hall–Kier alpha value is -4.24. The van der Waals surface area contributed by atoms with Crippen molar-refractivity contribution in [1.29, 1.82) is 0 Å². The first-order chi connectivity index (χ1) is 21.5. The number of nitrogens with one attached hydrogen (secondary N) is 3. The molecule has 8 nitrogen and oxygen atoms in total. The van der Waals surface area contributed by atoms with Gasteiger partial charge in [0.05, 0.1) is 5.57 Å². The summed E-state index contributed by atoms with van der Waals surface area (Å²) < 4.78 is 25.2. The molecule has 1 aromatic carbocycles. The van der Waals surface area contributed by atoms with Crippen LogP contribution in [0, 0.1) is 0 Å². The molecule has 3 aliphatic rings. The minimum Gasteiger partial charge on any atom is -0.478 e. The van der Waals surface area contributed by atoms with Gasteiger partial charge in [0.1, 0.15) is 5.83 Å². The van der Waals surface area contributed by atoms with Crippen molar-refractivity contribution >= 4 is 5.97 Å². The number of carbonyl (C=O) groups is 1. The number of hydrogen-bond donors (Lipinski definition) is 5. The summed E-state index contributed by atoms with van der Waals surface area (Å²) >= 11 is 0. The van der Waals surface area contributed by atoms with Gasteiger partial charge in [-0.3, -0.25) is 0 Å². The zero-order chi connectivity index (χ0) is 33.7. The second-order valence-electron chi connectivity index (χ2n) is 10.7. The Balaban J connectivity index is 0.000000388. The summed E-state index contributed by atoms with van der Waals surface area (Å²) in [5.74, 6) is 0.307. The summed E-state index contributed by atoms with van der Waals surface area (Å²) in [6, 6.07) is 3.44. The van der Waals surface area contributed by atoms with Crippen LogP contribution in [-0.2, 0) is 17.8 Å². The van der Waals surface area contributed by atoms with E-state index in [1.165, 1.54) is 17.8 Å². The minimum absolute atomic E-state index is 0.178. The van der Waals surface area contributed by atoms with Crippen molar-refractivity contribution in [2.45, 2.75) is 93.3 Å². The number of aliphatic carboxylic acids is 1. The summed E-state index contributed by atoms with van der Waals surface area (Å²) in [7, 11) is 0. The third kappa shape index (κ3) is 10.1. The second-order valence-corrected chi connectivity index (χ2v) is 10.7. The van der Waals surface area contributed by atoms with Crippen LogP contribution < -0.4 is 31.2 Å². The number of benzene rings is 1. The molecule has 0 fully saturated rings. The summed E-state index contributed by atoms with van der Waals surface area (Å²) in [4.78, 5) is 12.0. The fourth-order valence-corrected chi connectivity index (χ4v) is 5.31. The van der Waals surface area contributed by atoms with Crippen molar-refractivity contribution in [2.75, 3.05) is 6.79 Å². The first-order valence-electron chi connectivity index (χ1n) is 15.7. The molecule has 2 atom stereocenters. The third-order valence-electron chi connectivity index (χ3n) is 7.53. The van der Waals surface area contributed by atoms with E-state index in [1.807, 2.05) is 72.8 Å². The monoisotopic (exact) mass is 622 g/mol. The van der Waals surface area contributed by atoms with E-state index in [4.69, 9.17) is 15.2 Å². The number of halogens is 1. The number of carboxylic acids is 1. The Labute approximate surface area is 268 Å². The van der Waals surface area contributed by atoms with Crippen molar-refractivity contribution in [3.8, 4) is 11.5 Å². The fourth-order valence-electron chi connectivity index (χ4n) is 5.31. The Morgan fingerprint density at radius 1 is 1.18 bits per heavy atom. The number of nitrogens with two attached hydrogens (primary N) is 1. The van der Waals surface area contributed by atoms with Crippen LogP contribution in [0.4, 0.5) is 4.39 Å². The van der Waals surface area contributed by atoms with Crippen LogP contribution in [0.3, 0.4) is 0 Å².